The minimum absolute atomic E-state index is 0.282. The summed E-state index contributed by atoms with van der Waals surface area (Å²) >= 11 is 3.38. The van der Waals surface area contributed by atoms with E-state index in [1.807, 2.05) is 24.3 Å². The van der Waals surface area contributed by atoms with Gasteiger partial charge in [-0.1, -0.05) is 40.2 Å². The second-order valence-corrected chi connectivity index (χ2v) is 5.56. The van der Waals surface area contributed by atoms with Crippen LogP contribution in [0.5, 0.6) is 0 Å². The Kier molecular flexibility index (Phi) is 6.11. The summed E-state index contributed by atoms with van der Waals surface area (Å²) in [6.07, 6.45) is 3.12. The van der Waals surface area contributed by atoms with Crippen molar-refractivity contribution in [3.05, 3.63) is 70.2 Å². The van der Waals surface area contributed by atoms with Crippen LogP contribution in [0.1, 0.15) is 22.8 Å². The van der Waals surface area contributed by atoms with E-state index in [1.54, 1.807) is 37.3 Å². The average Bonchev–Trinajstić information content (AvgIpc) is 2.54. The number of hydrogen-bond donors (Lipinski definition) is 1. The zero-order valence-corrected chi connectivity index (χ0v) is 14.2. The van der Waals surface area contributed by atoms with Gasteiger partial charge in [-0.15, -0.1) is 0 Å². The van der Waals surface area contributed by atoms with E-state index >= 15 is 0 Å². The number of benzene rings is 2. The molecule has 0 fully saturated rings. The van der Waals surface area contributed by atoms with Gasteiger partial charge >= 0.3 is 5.97 Å². The molecule has 1 amide bonds. The predicted molar refractivity (Wildman–Crippen MR) is 94.2 cm³/mol. The van der Waals surface area contributed by atoms with Gasteiger partial charge in [-0.2, -0.15) is 0 Å². The molecule has 0 atom stereocenters. The second-order valence-electron chi connectivity index (χ2n) is 4.64. The Hall–Kier alpha value is -2.40. The number of rotatable bonds is 5. The Balaban J connectivity index is 2.10. The number of para-hydroxylation sites is 1. The number of esters is 1. The molecular weight excluding hydrogens is 358 g/mol. The Morgan fingerprint density at radius 3 is 2.70 bits per heavy atom. The van der Waals surface area contributed by atoms with Crippen LogP contribution in [0.15, 0.2) is 59.1 Å². The molecule has 4 nitrogen and oxygen atoms in total. The Morgan fingerprint density at radius 1 is 1.17 bits per heavy atom. The first-order valence-corrected chi connectivity index (χ1v) is 7.90. The molecule has 0 aliphatic heterocycles. The van der Waals surface area contributed by atoms with Crippen molar-refractivity contribution in [2.75, 3.05) is 11.9 Å². The molecule has 2 rings (SSSR count). The lowest BCUT2D eigenvalue weighted by atomic mass is 10.1. The van der Waals surface area contributed by atoms with Crippen LogP contribution < -0.4 is 5.32 Å². The lowest BCUT2D eigenvalue weighted by Gasteiger charge is -2.08. The first kappa shape index (κ1) is 17.0. The summed E-state index contributed by atoms with van der Waals surface area (Å²) in [5.41, 5.74) is 1.65. The maximum absolute atomic E-state index is 12.0. The van der Waals surface area contributed by atoms with Crippen LogP contribution in [0.3, 0.4) is 0 Å². The molecule has 0 saturated carbocycles. The molecule has 0 aliphatic carbocycles. The number of amides is 1. The summed E-state index contributed by atoms with van der Waals surface area (Å²) in [5, 5.41) is 2.70. The van der Waals surface area contributed by atoms with Crippen molar-refractivity contribution >= 4 is 39.6 Å². The molecular formula is C18H16BrNO3. The number of halogens is 1. The molecule has 5 heteroatoms. The van der Waals surface area contributed by atoms with Crippen LogP contribution in [0.2, 0.25) is 0 Å². The first-order chi connectivity index (χ1) is 11.1. The van der Waals surface area contributed by atoms with Gasteiger partial charge in [-0.25, -0.2) is 4.79 Å². The summed E-state index contributed by atoms with van der Waals surface area (Å²) in [7, 11) is 0. The minimum atomic E-state index is -0.459. The Labute approximate surface area is 143 Å². The topological polar surface area (TPSA) is 55.4 Å². The van der Waals surface area contributed by atoms with E-state index in [1.165, 1.54) is 6.08 Å². The maximum Gasteiger partial charge on any atom is 0.340 e. The van der Waals surface area contributed by atoms with Gasteiger partial charge in [0.05, 0.1) is 17.9 Å². The van der Waals surface area contributed by atoms with E-state index in [4.69, 9.17) is 4.74 Å². The maximum atomic E-state index is 12.0. The molecule has 1 N–H and O–H groups in total. The number of anilines is 1. The normalized spacial score (nSPS) is 10.5. The molecule has 0 aromatic heterocycles. The summed E-state index contributed by atoms with van der Waals surface area (Å²) in [4.78, 5) is 23.9. The largest absolute Gasteiger partial charge is 0.462 e. The number of nitrogens with one attached hydrogen (secondary N) is 1. The summed E-state index contributed by atoms with van der Waals surface area (Å²) in [6.45, 7) is 2.02. The third kappa shape index (κ3) is 5.07. The highest BCUT2D eigenvalue weighted by Crippen LogP contribution is 2.17. The quantitative estimate of drug-likeness (QED) is 0.628. The third-order valence-corrected chi connectivity index (χ3v) is 3.45. The molecule has 2 aromatic carbocycles. The van der Waals surface area contributed by atoms with Gasteiger partial charge in [0.15, 0.2) is 0 Å². The number of carbonyl (C=O) groups excluding carboxylic acids is 2. The van der Waals surface area contributed by atoms with Gasteiger partial charge in [0, 0.05) is 10.5 Å². The van der Waals surface area contributed by atoms with E-state index in [9.17, 15) is 9.59 Å². The highest BCUT2D eigenvalue weighted by atomic mass is 79.9. The standard InChI is InChI=1S/C18H16BrNO3/c1-2-23-18(22)15-8-3-4-9-16(15)20-17(21)11-10-13-6-5-7-14(19)12-13/h3-12H,2H2,1H3,(H,20,21)/b11-10+. The van der Waals surface area contributed by atoms with Crippen molar-refractivity contribution in [3.8, 4) is 0 Å². The van der Waals surface area contributed by atoms with Crippen LogP contribution in [0.4, 0.5) is 5.69 Å². The zero-order valence-electron chi connectivity index (χ0n) is 12.6. The van der Waals surface area contributed by atoms with Crippen LogP contribution in [0.25, 0.3) is 6.08 Å². The van der Waals surface area contributed by atoms with E-state index in [0.717, 1.165) is 10.0 Å². The predicted octanol–water partition coefficient (Wildman–Crippen LogP) is 4.28. The SMILES string of the molecule is CCOC(=O)c1ccccc1NC(=O)/C=C/c1cccc(Br)c1. The van der Waals surface area contributed by atoms with E-state index in [2.05, 4.69) is 21.2 Å². The summed E-state index contributed by atoms with van der Waals surface area (Å²) in [6, 6.07) is 14.3. The fourth-order valence-corrected chi connectivity index (χ4v) is 2.35. The van der Waals surface area contributed by atoms with Crippen molar-refractivity contribution in [1.29, 1.82) is 0 Å². The van der Waals surface area contributed by atoms with Gasteiger partial charge in [0.1, 0.15) is 0 Å². The summed E-state index contributed by atoms with van der Waals surface area (Å²) < 4.78 is 5.92. The third-order valence-electron chi connectivity index (χ3n) is 2.96. The zero-order chi connectivity index (χ0) is 16.7. The molecule has 0 spiro atoms. The molecule has 118 valence electrons. The first-order valence-electron chi connectivity index (χ1n) is 7.11. The van der Waals surface area contributed by atoms with Gasteiger partial charge in [-0.3, -0.25) is 4.79 Å². The molecule has 0 aliphatic rings. The van der Waals surface area contributed by atoms with E-state index in [-0.39, 0.29) is 12.5 Å². The molecule has 0 unspecified atom stereocenters. The van der Waals surface area contributed by atoms with E-state index in [0.29, 0.717) is 11.3 Å². The average molecular weight is 374 g/mol. The van der Waals surface area contributed by atoms with Crippen LogP contribution in [-0.4, -0.2) is 18.5 Å². The van der Waals surface area contributed by atoms with Crippen LogP contribution in [-0.2, 0) is 9.53 Å². The Morgan fingerprint density at radius 2 is 1.96 bits per heavy atom. The smallest absolute Gasteiger partial charge is 0.340 e. The van der Waals surface area contributed by atoms with Gasteiger partial charge in [0.2, 0.25) is 5.91 Å². The van der Waals surface area contributed by atoms with E-state index < -0.39 is 5.97 Å². The van der Waals surface area contributed by atoms with Crippen LogP contribution in [0, 0.1) is 0 Å². The number of hydrogen-bond acceptors (Lipinski definition) is 3. The number of carbonyl (C=O) groups is 2. The van der Waals surface area contributed by atoms with Crippen molar-refractivity contribution in [2.24, 2.45) is 0 Å². The minimum Gasteiger partial charge on any atom is -0.462 e. The molecule has 0 heterocycles. The fraction of sp³-hybridized carbons (Fsp3) is 0.111. The highest BCUT2D eigenvalue weighted by Gasteiger charge is 2.12. The highest BCUT2D eigenvalue weighted by molar-refractivity contribution is 9.10. The fourth-order valence-electron chi connectivity index (χ4n) is 1.94. The molecule has 0 bridgehead atoms. The monoisotopic (exact) mass is 373 g/mol. The van der Waals surface area contributed by atoms with Crippen molar-refractivity contribution in [1.82, 2.24) is 0 Å². The molecule has 2 aromatic rings. The lowest BCUT2D eigenvalue weighted by Crippen LogP contribution is -2.13. The second kappa shape index (κ2) is 8.29. The van der Waals surface area contributed by atoms with Gasteiger partial charge in [0.25, 0.3) is 0 Å². The van der Waals surface area contributed by atoms with Crippen LogP contribution >= 0.6 is 15.9 Å². The molecule has 0 saturated heterocycles. The van der Waals surface area contributed by atoms with Gasteiger partial charge in [-0.05, 0) is 42.8 Å². The van der Waals surface area contributed by atoms with Crippen molar-refractivity contribution < 1.29 is 14.3 Å². The Bertz CT molecular complexity index is 741. The lowest BCUT2D eigenvalue weighted by molar-refractivity contribution is -0.111. The molecule has 23 heavy (non-hydrogen) atoms. The summed E-state index contributed by atoms with van der Waals surface area (Å²) in [5.74, 6) is -0.777. The number of ether oxygens (including phenoxy) is 1. The van der Waals surface area contributed by atoms with Crippen molar-refractivity contribution in [2.45, 2.75) is 6.92 Å². The van der Waals surface area contributed by atoms with Gasteiger partial charge < -0.3 is 10.1 Å². The molecule has 0 radical (unpaired) electrons. The van der Waals surface area contributed by atoms with Crippen molar-refractivity contribution in [3.63, 3.8) is 0 Å².